The van der Waals surface area contributed by atoms with Crippen LogP contribution in [0.5, 0.6) is 0 Å². The molecule has 0 bridgehead atoms. The Balaban J connectivity index is 1.57. The van der Waals surface area contributed by atoms with Crippen molar-refractivity contribution in [3.63, 3.8) is 0 Å². The van der Waals surface area contributed by atoms with Crippen LogP contribution in [0.4, 0.5) is 17.1 Å². The van der Waals surface area contributed by atoms with Crippen molar-refractivity contribution >= 4 is 30.3 Å². The van der Waals surface area contributed by atoms with Crippen LogP contribution < -0.4 is 20.0 Å². The molecule has 0 fully saturated rings. The van der Waals surface area contributed by atoms with Crippen molar-refractivity contribution in [3.05, 3.63) is 138 Å². The minimum absolute atomic E-state index is 0.221. The van der Waals surface area contributed by atoms with E-state index in [2.05, 4.69) is 181 Å². The van der Waals surface area contributed by atoms with Crippen LogP contribution in [0.2, 0.25) is 19.6 Å². The molecule has 2 atom stereocenters. The molecule has 2 heterocycles. The second-order valence-corrected chi connectivity index (χ2v) is 21.0. The molecule has 4 aromatic rings. The summed E-state index contributed by atoms with van der Waals surface area (Å²) in [5.74, 6) is 1.15. The van der Waals surface area contributed by atoms with Gasteiger partial charge >= 0.3 is 0 Å². The van der Waals surface area contributed by atoms with Crippen LogP contribution in [0.3, 0.4) is 0 Å². The summed E-state index contributed by atoms with van der Waals surface area (Å²) in [6, 6.07) is 27.2. The predicted molar refractivity (Wildman–Crippen MR) is 221 cm³/mol. The SMILES string of the molecule is C=C(/C=C\C)CCC1c2ccccc2-c2cc(C)c([Si](C)(C)C)c[n+]2C1CC(=C)N(C)c1ccccc1Nc1c(C(C)C)cccc1C(C)C. The number of anilines is 3. The first-order valence-corrected chi connectivity index (χ1v) is 22.1. The summed E-state index contributed by atoms with van der Waals surface area (Å²) in [6.45, 7) is 30.1. The molecule has 262 valence electrons. The Bertz CT molecular complexity index is 1860. The average molecular weight is 683 g/mol. The van der Waals surface area contributed by atoms with Crippen molar-refractivity contribution in [2.75, 3.05) is 17.3 Å². The molecule has 0 spiro atoms. The molecule has 50 heavy (non-hydrogen) atoms. The van der Waals surface area contributed by atoms with E-state index >= 15 is 0 Å². The zero-order chi connectivity index (χ0) is 36.3. The first-order valence-electron chi connectivity index (χ1n) is 18.6. The maximum atomic E-state index is 4.81. The molecule has 1 N–H and O–H groups in total. The van der Waals surface area contributed by atoms with Crippen LogP contribution in [-0.2, 0) is 0 Å². The van der Waals surface area contributed by atoms with Gasteiger partial charge < -0.3 is 10.2 Å². The number of fused-ring (bicyclic) bond motifs is 3. The molecule has 2 unspecified atom stereocenters. The van der Waals surface area contributed by atoms with Gasteiger partial charge in [-0.15, -0.1) is 0 Å². The molecule has 4 heteroatoms. The summed E-state index contributed by atoms with van der Waals surface area (Å²) in [7, 11) is 0.591. The number of hydrogen-bond donors (Lipinski definition) is 1. The number of aromatic nitrogens is 1. The van der Waals surface area contributed by atoms with Crippen LogP contribution >= 0.6 is 0 Å². The van der Waals surface area contributed by atoms with Gasteiger partial charge in [-0.05, 0) is 79.0 Å². The second kappa shape index (κ2) is 15.4. The number of aryl methyl sites for hydroxylation is 1. The Morgan fingerprint density at radius 3 is 2.20 bits per heavy atom. The number of hydrogen-bond acceptors (Lipinski definition) is 2. The number of pyridine rings is 1. The lowest BCUT2D eigenvalue weighted by Crippen LogP contribution is -2.53. The first-order chi connectivity index (χ1) is 23.7. The molecule has 3 nitrogen and oxygen atoms in total. The Morgan fingerprint density at radius 2 is 1.56 bits per heavy atom. The van der Waals surface area contributed by atoms with Gasteiger partial charge in [-0.25, -0.2) is 0 Å². The third kappa shape index (κ3) is 7.76. The van der Waals surface area contributed by atoms with Gasteiger partial charge in [-0.1, -0.05) is 127 Å². The highest BCUT2D eigenvalue weighted by Gasteiger charge is 2.42. The summed E-state index contributed by atoms with van der Waals surface area (Å²) in [6.07, 6.45) is 9.62. The zero-order valence-corrected chi connectivity index (χ0v) is 33.4. The highest BCUT2D eigenvalue weighted by molar-refractivity contribution is 6.88. The van der Waals surface area contributed by atoms with Crippen molar-refractivity contribution in [2.24, 2.45) is 0 Å². The van der Waals surface area contributed by atoms with E-state index in [9.17, 15) is 0 Å². The molecule has 3 aromatic carbocycles. The minimum Gasteiger partial charge on any atom is -0.353 e. The van der Waals surface area contributed by atoms with E-state index in [1.807, 2.05) is 0 Å². The number of para-hydroxylation sites is 3. The maximum absolute atomic E-state index is 4.81. The molecule has 0 saturated heterocycles. The molecule has 5 rings (SSSR count). The van der Waals surface area contributed by atoms with Gasteiger partial charge in [0.05, 0.1) is 25.9 Å². The lowest BCUT2D eigenvalue weighted by molar-refractivity contribution is -0.717. The highest BCUT2D eigenvalue weighted by atomic mass is 28.3. The predicted octanol–water partition coefficient (Wildman–Crippen LogP) is 12.1. The summed E-state index contributed by atoms with van der Waals surface area (Å²) in [4.78, 5) is 2.32. The van der Waals surface area contributed by atoms with Gasteiger partial charge in [0, 0.05) is 41.2 Å². The number of benzene rings is 3. The lowest BCUT2D eigenvalue weighted by atomic mass is 9.78. The zero-order valence-electron chi connectivity index (χ0n) is 32.4. The van der Waals surface area contributed by atoms with Crippen molar-refractivity contribution in [2.45, 2.75) is 104 Å². The van der Waals surface area contributed by atoms with Crippen molar-refractivity contribution < 1.29 is 4.57 Å². The summed E-state index contributed by atoms with van der Waals surface area (Å²) in [5, 5.41) is 5.45. The van der Waals surface area contributed by atoms with E-state index in [0.717, 1.165) is 36.3 Å². The Morgan fingerprint density at radius 1 is 0.920 bits per heavy atom. The van der Waals surface area contributed by atoms with E-state index in [1.54, 1.807) is 0 Å². The van der Waals surface area contributed by atoms with Crippen LogP contribution in [0.1, 0.15) is 99.9 Å². The fourth-order valence-electron chi connectivity index (χ4n) is 7.90. The highest BCUT2D eigenvalue weighted by Crippen LogP contribution is 2.45. The smallest absolute Gasteiger partial charge is 0.213 e. The third-order valence-corrected chi connectivity index (χ3v) is 12.7. The Hall–Kier alpha value is -4.15. The fourth-order valence-corrected chi connectivity index (χ4v) is 9.68. The lowest BCUT2D eigenvalue weighted by Gasteiger charge is -2.34. The van der Waals surface area contributed by atoms with Crippen molar-refractivity contribution in [1.82, 2.24) is 0 Å². The van der Waals surface area contributed by atoms with Gasteiger partial charge in [0.25, 0.3) is 0 Å². The normalized spacial score (nSPS) is 15.7. The number of rotatable bonds is 13. The molecule has 1 aliphatic heterocycles. The topological polar surface area (TPSA) is 19.1 Å². The standard InChI is InChI=1S/C46H60N3Si/c1-13-19-33(6)26-27-40-38-20-14-15-21-39(38)43-28-34(7)45(50(10,11)12)30-49(43)44(40)29-35(8)48(9)42-25-17-16-24-41(42)47-46-36(31(2)3)22-18-23-37(46)32(4)5/h13-25,28,30-32,40,44,47H,6,8,26-27,29H2,1-5,7,9-12H3/q+1/b19-13-. The number of nitrogens with one attached hydrogen (secondary N) is 1. The molecular formula is C46H60N3Si+. The Labute approximate surface area is 304 Å². The van der Waals surface area contributed by atoms with Crippen molar-refractivity contribution in [3.8, 4) is 11.3 Å². The molecule has 1 aromatic heterocycles. The van der Waals surface area contributed by atoms with E-state index in [0.29, 0.717) is 17.8 Å². The fraction of sp³-hybridized carbons (Fsp3) is 0.370. The molecule has 0 saturated carbocycles. The molecular weight excluding hydrogens is 623 g/mol. The van der Waals surface area contributed by atoms with E-state index in [4.69, 9.17) is 6.58 Å². The molecule has 0 radical (unpaired) electrons. The second-order valence-electron chi connectivity index (χ2n) is 16.0. The van der Waals surface area contributed by atoms with Crippen LogP contribution in [-0.4, -0.2) is 15.1 Å². The van der Waals surface area contributed by atoms with Gasteiger partial charge in [0.2, 0.25) is 5.69 Å². The third-order valence-electron chi connectivity index (χ3n) is 10.6. The quantitative estimate of drug-likeness (QED) is 0.0860. The Kier molecular flexibility index (Phi) is 11.4. The van der Waals surface area contributed by atoms with E-state index in [-0.39, 0.29) is 6.04 Å². The first kappa shape index (κ1) is 37.1. The molecule has 0 aliphatic carbocycles. The van der Waals surface area contributed by atoms with Gasteiger partial charge in [0.15, 0.2) is 12.2 Å². The van der Waals surface area contributed by atoms with Crippen LogP contribution in [0.25, 0.3) is 11.3 Å². The largest absolute Gasteiger partial charge is 0.353 e. The van der Waals surface area contributed by atoms with E-state index in [1.165, 1.54) is 50.0 Å². The number of allylic oxidation sites excluding steroid dienone is 4. The monoisotopic (exact) mass is 682 g/mol. The number of nitrogens with zero attached hydrogens (tertiary/aromatic N) is 2. The maximum Gasteiger partial charge on any atom is 0.213 e. The van der Waals surface area contributed by atoms with Gasteiger partial charge in [0.1, 0.15) is 0 Å². The van der Waals surface area contributed by atoms with E-state index < -0.39 is 8.07 Å². The van der Waals surface area contributed by atoms with Gasteiger partial charge in [-0.2, -0.15) is 4.57 Å². The van der Waals surface area contributed by atoms with Gasteiger partial charge in [-0.3, -0.25) is 0 Å². The minimum atomic E-state index is -1.60. The molecule has 1 aliphatic rings. The van der Waals surface area contributed by atoms with Crippen LogP contribution in [0.15, 0.2) is 116 Å². The molecule has 0 amide bonds. The van der Waals surface area contributed by atoms with Crippen molar-refractivity contribution in [1.29, 1.82) is 0 Å². The average Bonchev–Trinajstić information content (AvgIpc) is 3.07. The summed E-state index contributed by atoms with van der Waals surface area (Å²) >= 11 is 0. The summed E-state index contributed by atoms with van der Waals surface area (Å²) in [5.41, 5.74) is 14.0. The summed E-state index contributed by atoms with van der Waals surface area (Å²) < 4.78 is 2.63. The van der Waals surface area contributed by atoms with Crippen LogP contribution in [0, 0.1) is 6.92 Å².